The number of nitrogens with zero attached hydrogens (tertiary/aromatic N) is 2. The van der Waals surface area contributed by atoms with Gasteiger partial charge in [-0.2, -0.15) is 13.2 Å². The molecular formula is C21H15F3N4O. The van der Waals surface area contributed by atoms with Gasteiger partial charge in [-0.15, -0.1) is 0 Å². The summed E-state index contributed by atoms with van der Waals surface area (Å²) in [6.07, 6.45) is -2.66. The summed E-state index contributed by atoms with van der Waals surface area (Å²) in [5, 5.41) is 5.30. The standard InChI is InChI=1S/C21H15F3N4O/c22-21(23,24)15-9-11-16(12-10-15)25-20(29)27-19-18(14-6-2-1-3-7-14)26-17-8-4-5-13-28(17)19/h1-13H,(H2,25,27,29). The Kier molecular flexibility index (Phi) is 4.67. The van der Waals surface area contributed by atoms with E-state index in [1.807, 2.05) is 48.5 Å². The van der Waals surface area contributed by atoms with Gasteiger partial charge in [0.1, 0.15) is 17.2 Å². The third kappa shape index (κ3) is 3.91. The van der Waals surface area contributed by atoms with Crippen molar-refractivity contribution in [3.63, 3.8) is 0 Å². The van der Waals surface area contributed by atoms with Crippen molar-refractivity contribution in [1.29, 1.82) is 0 Å². The number of hydrogen-bond donors (Lipinski definition) is 2. The lowest BCUT2D eigenvalue weighted by atomic mass is 10.1. The van der Waals surface area contributed by atoms with Crippen molar-refractivity contribution >= 4 is 23.2 Å². The molecule has 4 aromatic rings. The van der Waals surface area contributed by atoms with E-state index < -0.39 is 17.8 Å². The van der Waals surface area contributed by atoms with Crippen LogP contribution in [-0.4, -0.2) is 15.4 Å². The fourth-order valence-electron chi connectivity index (χ4n) is 2.93. The van der Waals surface area contributed by atoms with Gasteiger partial charge in [-0.1, -0.05) is 36.4 Å². The third-order valence-electron chi connectivity index (χ3n) is 4.28. The zero-order valence-electron chi connectivity index (χ0n) is 14.9. The molecule has 0 unspecified atom stereocenters. The molecule has 146 valence electrons. The lowest BCUT2D eigenvalue weighted by molar-refractivity contribution is -0.137. The number of fused-ring (bicyclic) bond motifs is 1. The summed E-state index contributed by atoms with van der Waals surface area (Å²) < 4.78 is 39.8. The van der Waals surface area contributed by atoms with E-state index in [4.69, 9.17) is 0 Å². The highest BCUT2D eigenvalue weighted by atomic mass is 19.4. The minimum atomic E-state index is -4.43. The minimum absolute atomic E-state index is 0.241. The van der Waals surface area contributed by atoms with E-state index in [0.29, 0.717) is 17.2 Å². The SMILES string of the molecule is O=C(Nc1ccc(C(F)(F)F)cc1)Nc1c(-c2ccccc2)nc2ccccn12. The molecule has 0 radical (unpaired) electrons. The van der Waals surface area contributed by atoms with E-state index >= 15 is 0 Å². The van der Waals surface area contributed by atoms with Crippen LogP contribution in [0.1, 0.15) is 5.56 Å². The van der Waals surface area contributed by atoms with Gasteiger partial charge in [0.25, 0.3) is 0 Å². The molecule has 4 rings (SSSR count). The number of nitrogens with one attached hydrogen (secondary N) is 2. The van der Waals surface area contributed by atoms with Crippen molar-refractivity contribution in [3.8, 4) is 11.3 Å². The van der Waals surface area contributed by atoms with Crippen molar-refractivity contribution in [2.75, 3.05) is 10.6 Å². The minimum Gasteiger partial charge on any atom is -0.308 e. The van der Waals surface area contributed by atoms with Crippen LogP contribution in [0, 0.1) is 0 Å². The van der Waals surface area contributed by atoms with Gasteiger partial charge in [0.2, 0.25) is 0 Å². The van der Waals surface area contributed by atoms with E-state index in [1.165, 1.54) is 12.1 Å². The van der Waals surface area contributed by atoms with E-state index in [-0.39, 0.29) is 5.69 Å². The number of rotatable bonds is 3. The van der Waals surface area contributed by atoms with Gasteiger partial charge in [0.05, 0.1) is 5.56 Å². The number of halogens is 3. The first-order valence-corrected chi connectivity index (χ1v) is 8.69. The number of imidazole rings is 1. The Labute approximate surface area is 163 Å². The molecule has 2 amide bonds. The number of alkyl halides is 3. The quantitative estimate of drug-likeness (QED) is 0.469. The van der Waals surface area contributed by atoms with Gasteiger partial charge in [0, 0.05) is 17.4 Å². The second-order valence-corrected chi connectivity index (χ2v) is 6.26. The summed E-state index contributed by atoms with van der Waals surface area (Å²) in [6, 6.07) is 18.5. The van der Waals surface area contributed by atoms with Gasteiger partial charge in [0.15, 0.2) is 0 Å². The average Bonchev–Trinajstić information content (AvgIpc) is 3.07. The van der Waals surface area contributed by atoms with E-state index in [2.05, 4.69) is 15.6 Å². The predicted octanol–water partition coefficient (Wildman–Crippen LogP) is 5.66. The Hall–Kier alpha value is -3.81. The Morgan fingerprint density at radius 1 is 0.862 bits per heavy atom. The van der Waals surface area contributed by atoms with Crippen LogP contribution >= 0.6 is 0 Å². The van der Waals surface area contributed by atoms with Gasteiger partial charge < -0.3 is 5.32 Å². The molecule has 0 fully saturated rings. The molecule has 0 atom stereocenters. The first kappa shape index (κ1) is 18.5. The number of hydrogen-bond acceptors (Lipinski definition) is 2. The molecule has 2 heterocycles. The largest absolute Gasteiger partial charge is 0.416 e. The number of aromatic nitrogens is 2. The van der Waals surface area contributed by atoms with Crippen LogP contribution in [0.25, 0.3) is 16.9 Å². The molecule has 0 spiro atoms. The van der Waals surface area contributed by atoms with Gasteiger partial charge >= 0.3 is 12.2 Å². The molecule has 2 N–H and O–H groups in total. The summed E-state index contributed by atoms with van der Waals surface area (Å²) in [5.74, 6) is 0.455. The molecule has 0 saturated heterocycles. The molecule has 8 heteroatoms. The normalized spacial score (nSPS) is 11.4. The van der Waals surface area contributed by atoms with Gasteiger partial charge in [-0.25, -0.2) is 9.78 Å². The fraction of sp³-hybridized carbons (Fsp3) is 0.0476. The van der Waals surface area contributed by atoms with Crippen molar-refractivity contribution in [1.82, 2.24) is 9.38 Å². The summed E-state index contributed by atoms with van der Waals surface area (Å²) in [5.41, 5.74) is 1.51. The highest BCUT2D eigenvalue weighted by Gasteiger charge is 2.30. The monoisotopic (exact) mass is 396 g/mol. The molecular weight excluding hydrogens is 381 g/mol. The second-order valence-electron chi connectivity index (χ2n) is 6.26. The maximum Gasteiger partial charge on any atom is 0.416 e. The number of benzene rings is 2. The van der Waals surface area contributed by atoms with Crippen LogP contribution in [0.3, 0.4) is 0 Å². The Morgan fingerprint density at radius 3 is 2.24 bits per heavy atom. The summed E-state index contributed by atoms with van der Waals surface area (Å²) in [4.78, 5) is 17.1. The average molecular weight is 396 g/mol. The van der Waals surface area contributed by atoms with Crippen LogP contribution < -0.4 is 10.6 Å². The maximum absolute atomic E-state index is 12.7. The van der Waals surface area contributed by atoms with E-state index in [9.17, 15) is 18.0 Å². The molecule has 0 saturated carbocycles. The molecule has 0 aliphatic heterocycles. The number of amides is 2. The first-order valence-electron chi connectivity index (χ1n) is 8.69. The van der Waals surface area contributed by atoms with Crippen molar-refractivity contribution in [2.45, 2.75) is 6.18 Å². The number of pyridine rings is 1. The fourth-order valence-corrected chi connectivity index (χ4v) is 2.93. The molecule has 5 nitrogen and oxygen atoms in total. The maximum atomic E-state index is 12.7. The molecule has 0 aliphatic rings. The molecule has 29 heavy (non-hydrogen) atoms. The highest BCUT2D eigenvalue weighted by Crippen LogP contribution is 2.30. The van der Waals surface area contributed by atoms with Crippen LogP contribution in [0.2, 0.25) is 0 Å². The Morgan fingerprint density at radius 2 is 1.55 bits per heavy atom. The third-order valence-corrected chi connectivity index (χ3v) is 4.28. The molecule has 0 aliphatic carbocycles. The summed E-state index contributed by atoms with van der Waals surface area (Å²) in [6.45, 7) is 0. The Balaban J connectivity index is 1.61. The lowest BCUT2D eigenvalue weighted by Gasteiger charge is -2.11. The van der Waals surface area contributed by atoms with E-state index in [1.54, 1.807) is 10.6 Å². The Bertz CT molecular complexity index is 1150. The number of carbonyl (C=O) groups excluding carboxylic acids is 1. The smallest absolute Gasteiger partial charge is 0.308 e. The molecule has 2 aromatic carbocycles. The first-order chi connectivity index (χ1) is 13.9. The predicted molar refractivity (Wildman–Crippen MR) is 105 cm³/mol. The van der Waals surface area contributed by atoms with E-state index in [0.717, 1.165) is 17.7 Å². The number of urea groups is 1. The van der Waals surface area contributed by atoms with Crippen molar-refractivity contribution in [2.24, 2.45) is 0 Å². The van der Waals surface area contributed by atoms with Crippen LogP contribution in [0.15, 0.2) is 79.0 Å². The number of anilines is 2. The number of carbonyl (C=O) groups is 1. The second kappa shape index (κ2) is 7.31. The summed E-state index contributed by atoms with van der Waals surface area (Å²) in [7, 11) is 0. The molecule has 2 aromatic heterocycles. The summed E-state index contributed by atoms with van der Waals surface area (Å²) >= 11 is 0. The lowest BCUT2D eigenvalue weighted by Crippen LogP contribution is -2.21. The van der Waals surface area contributed by atoms with Crippen molar-refractivity contribution in [3.05, 3.63) is 84.6 Å². The zero-order chi connectivity index (χ0) is 20.4. The van der Waals surface area contributed by atoms with Gasteiger partial charge in [-0.3, -0.25) is 9.72 Å². The topological polar surface area (TPSA) is 58.4 Å². The van der Waals surface area contributed by atoms with Gasteiger partial charge in [-0.05, 0) is 36.4 Å². The van der Waals surface area contributed by atoms with Crippen LogP contribution in [-0.2, 0) is 6.18 Å². The van der Waals surface area contributed by atoms with Crippen LogP contribution in [0.5, 0.6) is 0 Å². The van der Waals surface area contributed by atoms with Crippen LogP contribution in [0.4, 0.5) is 29.5 Å². The van der Waals surface area contributed by atoms with Crippen molar-refractivity contribution < 1.29 is 18.0 Å². The highest BCUT2D eigenvalue weighted by molar-refractivity contribution is 6.01. The molecule has 0 bridgehead atoms. The zero-order valence-corrected chi connectivity index (χ0v) is 14.9.